The normalized spacial score (nSPS) is 10.3. The summed E-state index contributed by atoms with van der Waals surface area (Å²) in [5, 5.41) is 13.4. The monoisotopic (exact) mass is 371 g/mol. The van der Waals surface area contributed by atoms with Crippen LogP contribution in [0, 0.1) is 11.6 Å². The summed E-state index contributed by atoms with van der Waals surface area (Å²) in [4.78, 5) is 15.8. The number of carbonyl (C=O) groups is 1. The Bertz CT molecular complexity index is 951. The Morgan fingerprint density at radius 1 is 1.04 bits per heavy atom. The van der Waals surface area contributed by atoms with Crippen LogP contribution in [0.2, 0.25) is 0 Å². The summed E-state index contributed by atoms with van der Waals surface area (Å²) >= 11 is 0. The molecule has 2 N–H and O–H groups in total. The fraction of sp³-hybridized carbons (Fsp3) is 0.111. The number of esters is 1. The Hall–Kier alpha value is -3.62. The van der Waals surface area contributed by atoms with Gasteiger partial charge in [-0.25, -0.2) is 13.6 Å². The maximum absolute atomic E-state index is 13.3. The van der Waals surface area contributed by atoms with E-state index in [4.69, 9.17) is 4.74 Å². The molecule has 0 saturated heterocycles. The number of rotatable bonds is 6. The molecule has 3 rings (SSSR count). The average Bonchev–Trinajstić information content (AvgIpc) is 2.66. The molecule has 0 amide bonds. The van der Waals surface area contributed by atoms with E-state index in [1.54, 1.807) is 31.2 Å². The molecule has 0 bridgehead atoms. The van der Waals surface area contributed by atoms with Crippen molar-refractivity contribution >= 4 is 29.1 Å². The molecule has 0 spiro atoms. The first-order chi connectivity index (χ1) is 13.0. The van der Waals surface area contributed by atoms with Gasteiger partial charge < -0.3 is 15.4 Å². The number of nitrogens with zero attached hydrogens (tertiary/aromatic N) is 3. The van der Waals surface area contributed by atoms with Gasteiger partial charge in [-0.3, -0.25) is 0 Å². The largest absolute Gasteiger partial charge is 0.462 e. The van der Waals surface area contributed by atoms with E-state index in [0.717, 1.165) is 12.1 Å². The third-order valence-corrected chi connectivity index (χ3v) is 3.40. The van der Waals surface area contributed by atoms with E-state index in [1.807, 2.05) is 0 Å². The molecule has 7 nitrogen and oxygen atoms in total. The number of nitrogens with one attached hydrogen (secondary N) is 2. The zero-order valence-corrected chi connectivity index (χ0v) is 14.2. The summed E-state index contributed by atoms with van der Waals surface area (Å²) in [6.45, 7) is 2.04. The van der Waals surface area contributed by atoms with Crippen molar-refractivity contribution in [3.8, 4) is 0 Å². The Labute approximate surface area is 153 Å². The highest BCUT2D eigenvalue weighted by molar-refractivity contribution is 5.89. The first-order valence-corrected chi connectivity index (χ1v) is 8.01. The molecular weight excluding hydrogens is 356 g/mol. The molecule has 0 saturated carbocycles. The summed E-state index contributed by atoms with van der Waals surface area (Å²) in [5.74, 6) is -1.83. The van der Waals surface area contributed by atoms with Crippen LogP contribution in [0.5, 0.6) is 0 Å². The molecule has 27 heavy (non-hydrogen) atoms. The van der Waals surface area contributed by atoms with Crippen LogP contribution < -0.4 is 10.6 Å². The van der Waals surface area contributed by atoms with Crippen LogP contribution in [0.4, 0.5) is 31.9 Å². The van der Waals surface area contributed by atoms with Crippen LogP contribution in [0.15, 0.2) is 48.7 Å². The van der Waals surface area contributed by atoms with E-state index in [9.17, 15) is 13.6 Å². The first-order valence-electron chi connectivity index (χ1n) is 8.01. The Balaban J connectivity index is 1.70. The number of hydrogen-bond donors (Lipinski definition) is 2. The first kappa shape index (κ1) is 18.2. The van der Waals surface area contributed by atoms with Gasteiger partial charge in [0.15, 0.2) is 17.5 Å². The van der Waals surface area contributed by atoms with Gasteiger partial charge in [-0.2, -0.15) is 10.1 Å². The van der Waals surface area contributed by atoms with Crippen molar-refractivity contribution in [2.24, 2.45) is 0 Å². The average molecular weight is 371 g/mol. The molecule has 1 aromatic heterocycles. The van der Waals surface area contributed by atoms with E-state index in [0.29, 0.717) is 29.4 Å². The predicted octanol–water partition coefficient (Wildman–Crippen LogP) is 3.81. The molecule has 0 fully saturated rings. The number of ether oxygens (including phenoxy) is 1. The fourth-order valence-corrected chi connectivity index (χ4v) is 2.17. The minimum atomic E-state index is -0.970. The predicted molar refractivity (Wildman–Crippen MR) is 95.1 cm³/mol. The lowest BCUT2D eigenvalue weighted by Gasteiger charge is -2.08. The molecule has 138 valence electrons. The van der Waals surface area contributed by atoms with Crippen LogP contribution in [-0.2, 0) is 4.74 Å². The zero-order chi connectivity index (χ0) is 19.2. The lowest BCUT2D eigenvalue weighted by Crippen LogP contribution is -2.05. The van der Waals surface area contributed by atoms with E-state index in [2.05, 4.69) is 25.8 Å². The molecule has 0 radical (unpaired) electrons. The second kappa shape index (κ2) is 8.17. The summed E-state index contributed by atoms with van der Waals surface area (Å²) in [5.41, 5.74) is 1.38. The standard InChI is InChI=1S/C18H15F2N5O2/c1-2-27-17(26)11-3-5-12(6-4-11)23-18-24-16(10-21-25-18)22-13-7-8-14(19)15(20)9-13/h3-10H,2H2,1H3,(H2,22,23,24,25). The molecule has 0 unspecified atom stereocenters. The van der Waals surface area contributed by atoms with Crippen LogP contribution in [0.3, 0.4) is 0 Å². The molecule has 0 atom stereocenters. The third kappa shape index (κ3) is 4.72. The summed E-state index contributed by atoms with van der Waals surface area (Å²) < 4.78 is 31.2. The van der Waals surface area contributed by atoms with Gasteiger partial charge in [-0.1, -0.05) is 0 Å². The van der Waals surface area contributed by atoms with Gasteiger partial charge >= 0.3 is 5.97 Å². The maximum Gasteiger partial charge on any atom is 0.338 e. The van der Waals surface area contributed by atoms with Crippen LogP contribution in [0.25, 0.3) is 0 Å². The van der Waals surface area contributed by atoms with Crippen LogP contribution >= 0.6 is 0 Å². The van der Waals surface area contributed by atoms with Gasteiger partial charge in [-0.15, -0.1) is 5.10 Å². The molecule has 9 heteroatoms. The SMILES string of the molecule is CCOC(=O)c1ccc(Nc2nncc(Nc3ccc(F)c(F)c3)n2)cc1. The maximum atomic E-state index is 13.3. The second-order valence-corrected chi connectivity index (χ2v) is 5.34. The lowest BCUT2D eigenvalue weighted by atomic mass is 10.2. The molecule has 2 aromatic carbocycles. The van der Waals surface area contributed by atoms with Crippen molar-refractivity contribution in [2.45, 2.75) is 6.92 Å². The van der Waals surface area contributed by atoms with Crippen molar-refractivity contribution in [3.05, 3.63) is 65.9 Å². The van der Waals surface area contributed by atoms with Crippen molar-refractivity contribution in [1.29, 1.82) is 0 Å². The third-order valence-electron chi connectivity index (χ3n) is 3.40. The smallest absolute Gasteiger partial charge is 0.338 e. The number of benzene rings is 2. The van der Waals surface area contributed by atoms with Gasteiger partial charge in [0, 0.05) is 17.4 Å². The van der Waals surface area contributed by atoms with E-state index in [-0.39, 0.29) is 5.95 Å². The highest BCUT2D eigenvalue weighted by atomic mass is 19.2. The Morgan fingerprint density at radius 3 is 2.48 bits per heavy atom. The highest BCUT2D eigenvalue weighted by Crippen LogP contribution is 2.19. The number of aromatic nitrogens is 3. The van der Waals surface area contributed by atoms with Crippen molar-refractivity contribution in [1.82, 2.24) is 15.2 Å². The lowest BCUT2D eigenvalue weighted by molar-refractivity contribution is 0.0526. The van der Waals surface area contributed by atoms with Crippen molar-refractivity contribution in [3.63, 3.8) is 0 Å². The van der Waals surface area contributed by atoms with Crippen LogP contribution in [-0.4, -0.2) is 27.8 Å². The highest BCUT2D eigenvalue weighted by Gasteiger charge is 2.08. The van der Waals surface area contributed by atoms with Crippen molar-refractivity contribution < 1.29 is 18.3 Å². The quantitative estimate of drug-likeness (QED) is 0.637. The second-order valence-electron chi connectivity index (χ2n) is 5.34. The van der Waals surface area contributed by atoms with Crippen LogP contribution in [0.1, 0.15) is 17.3 Å². The molecule has 0 aliphatic carbocycles. The minimum absolute atomic E-state index is 0.187. The molecule has 0 aliphatic heterocycles. The number of hydrogen-bond acceptors (Lipinski definition) is 7. The molecule has 0 aliphatic rings. The zero-order valence-electron chi connectivity index (χ0n) is 14.2. The van der Waals surface area contributed by atoms with Gasteiger partial charge in [-0.05, 0) is 43.3 Å². The molecule has 3 aromatic rings. The Morgan fingerprint density at radius 2 is 1.78 bits per heavy atom. The van der Waals surface area contributed by atoms with Crippen molar-refractivity contribution in [2.75, 3.05) is 17.2 Å². The van der Waals surface area contributed by atoms with Gasteiger partial charge in [0.1, 0.15) is 0 Å². The van der Waals surface area contributed by atoms with Gasteiger partial charge in [0.25, 0.3) is 0 Å². The summed E-state index contributed by atoms with van der Waals surface area (Å²) in [6.07, 6.45) is 1.34. The van der Waals surface area contributed by atoms with E-state index in [1.165, 1.54) is 12.3 Å². The summed E-state index contributed by atoms with van der Waals surface area (Å²) in [7, 11) is 0. The number of carbonyl (C=O) groups excluding carboxylic acids is 1. The summed E-state index contributed by atoms with van der Waals surface area (Å²) in [6, 6.07) is 9.96. The molecular formula is C18H15F2N5O2. The number of halogens is 2. The fourth-order valence-electron chi connectivity index (χ4n) is 2.17. The van der Waals surface area contributed by atoms with Gasteiger partial charge in [0.2, 0.25) is 5.95 Å². The minimum Gasteiger partial charge on any atom is -0.462 e. The van der Waals surface area contributed by atoms with E-state index >= 15 is 0 Å². The van der Waals surface area contributed by atoms with Gasteiger partial charge in [0.05, 0.1) is 18.4 Å². The topological polar surface area (TPSA) is 89.0 Å². The van der Waals surface area contributed by atoms with E-state index < -0.39 is 17.6 Å². The Kier molecular flexibility index (Phi) is 5.50. The number of anilines is 4. The molecule has 1 heterocycles.